The van der Waals surface area contributed by atoms with Gasteiger partial charge in [-0.2, -0.15) is 4.37 Å². The summed E-state index contributed by atoms with van der Waals surface area (Å²) in [5.41, 5.74) is 1.33. The van der Waals surface area contributed by atoms with Crippen LogP contribution in [0.2, 0.25) is 0 Å². The van der Waals surface area contributed by atoms with Gasteiger partial charge in [0, 0.05) is 20.1 Å². The molecular weight excluding hydrogens is 532 g/mol. The summed E-state index contributed by atoms with van der Waals surface area (Å²) in [5.74, 6) is 0.656. The number of rotatable bonds is 8. The highest BCUT2D eigenvalue weighted by Gasteiger charge is 2.12. The van der Waals surface area contributed by atoms with Crippen molar-refractivity contribution in [3.8, 4) is 0 Å². The molecule has 0 fully saturated rings. The van der Waals surface area contributed by atoms with Crippen molar-refractivity contribution in [2.75, 3.05) is 11.5 Å². The van der Waals surface area contributed by atoms with Gasteiger partial charge >= 0.3 is 0 Å². The minimum absolute atomic E-state index is 0.0296. The number of halogens is 2. The zero-order valence-corrected chi connectivity index (χ0v) is 19.3. The Morgan fingerprint density at radius 1 is 0.815 bits per heavy atom. The van der Waals surface area contributed by atoms with E-state index in [4.69, 9.17) is 0 Å². The number of Topliss-reactive ketones (excluding diaryl/α,β-unsaturated/α-hetero) is 2. The first-order valence-corrected chi connectivity index (χ1v) is 12.0. The molecular formula is C18H12Br2N2O2S3. The summed E-state index contributed by atoms with van der Waals surface area (Å²) in [6.07, 6.45) is 0. The molecule has 0 radical (unpaired) electrons. The van der Waals surface area contributed by atoms with Crippen LogP contribution in [0.1, 0.15) is 20.7 Å². The first kappa shape index (κ1) is 20.7. The van der Waals surface area contributed by atoms with E-state index in [1.54, 1.807) is 24.3 Å². The van der Waals surface area contributed by atoms with Crippen LogP contribution in [-0.2, 0) is 0 Å². The van der Waals surface area contributed by atoms with Crippen molar-refractivity contribution >= 4 is 78.5 Å². The standard InChI is InChI=1S/C18H12Br2N2O2S3/c19-13-5-1-11(2-6-13)15(23)9-25-17-21-18(27-22-17)26-10-16(24)12-3-7-14(20)8-4-12/h1-8H,9-10H2. The normalized spacial score (nSPS) is 10.7. The van der Waals surface area contributed by atoms with Crippen molar-refractivity contribution in [3.05, 3.63) is 68.6 Å². The maximum atomic E-state index is 12.2. The lowest BCUT2D eigenvalue weighted by Gasteiger charge is -2.00. The number of benzene rings is 2. The highest BCUT2D eigenvalue weighted by atomic mass is 79.9. The third kappa shape index (κ3) is 6.25. The van der Waals surface area contributed by atoms with E-state index in [9.17, 15) is 9.59 Å². The predicted molar refractivity (Wildman–Crippen MR) is 118 cm³/mol. The molecule has 2 aromatic carbocycles. The van der Waals surface area contributed by atoms with E-state index in [1.165, 1.54) is 35.1 Å². The summed E-state index contributed by atoms with van der Waals surface area (Å²) in [5, 5.41) is 0.559. The van der Waals surface area contributed by atoms with Gasteiger partial charge in [-0.05, 0) is 35.8 Å². The van der Waals surface area contributed by atoms with Gasteiger partial charge in [-0.3, -0.25) is 9.59 Å². The van der Waals surface area contributed by atoms with Gasteiger partial charge in [0.05, 0.1) is 11.5 Å². The van der Waals surface area contributed by atoms with Crippen LogP contribution in [-0.4, -0.2) is 32.4 Å². The molecule has 0 unspecified atom stereocenters. The minimum Gasteiger partial charge on any atom is -0.293 e. The predicted octanol–water partition coefficient (Wildman–Crippen LogP) is 6.01. The van der Waals surface area contributed by atoms with E-state index in [0.29, 0.717) is 22.0 Å². The molecule has 27 heavy (non-hydrogen) atoms. The summed E-state index contributed by atoms with van der Waals surface area (Å²) >= 11 is 10.6. The van der Waals surface area contributed by atoms with Gasteiger partial charge < -0.3 is 0 Å². The third-order valence-electron chi connectivity index (χ3n) is 3.38. The number of thioether (sulfide) groups is 2. The van der Waals surface area contributed by atoms with Crippen molar-refractivity contribution < 1.29 is 9.59 Å². The van der Waals surface area contributed by atoms with E-state index in [-0.39, 0.29) is 17.3 Å². The molecule has 0 aliphatic carbocycles. The number of hydrogen-bond acceptors (Lipinski definition) is 7. The molecule has 0 aliphatic rings. The van der Waals surface area contributed by atoms with E-state index in [0.717, 1.165) is 13.3 Å². The second-order valence-corrected chi connectivity index (χ2v) is 10.0. The molecule has 1 heterocycles. The average Bonchev–Trinajstić information content (AvgIpc) is 3.13. The molecule has 138 valence electrons. The Labute approximate surface area is 186 Å². The first-order chi connectivity index (χ1) is 13.0. The van der Waals surface area contributed by atoms with Crippen LogP contribution in [0.25, 0.3) is 0 Å². The Hall–Kier alpha value is -1.00. The lowest BCUT2D eigenvalue weighted by molar-refractivity contribution is 0.101. The van der Waals surface area contributed by atoms with Gasteiger partial charge in [-0.15, -0.1) is 0 Å². The number of ketones is 2. The minimum atomic E-state index is 0.0296. The number of aromatic nitrogens is 2. The van der Waals surface area contributed by atoms with Crippen LogP contribution in [0.3, 0.4) is 0 Å². The molecule has 0 atom stereocenters. The van der Waals surface area contributed by atoms with Crippen LogP contribution in [0.5, 0.6) is 0 Å². The lowest BCUT2D eigenvalue weighted by Crippen LogP contribution is -2.02. The molecule has 3 rings (SSSR count). The van der Waals surface area contributed by atoms with Crippen LogP contribution >= 0.6 is 66.9 Å². The van der Waals surface area contributed by atoms with Crippen molar-refractivity contribution in [3.63, 3.8) is 0 Å². The number of carbonyl (C=O) groups is 2. The first-order valence-electron chi connectivity index (χ1n) is 7.68. The van der Waals surface area contributed by atoms with Crippen LogP contribution in [0.15, 0.2) is 67.0 Å². The Balaban J connectivity index is 1.49. The largest absolute Gasteiger partial charge is 0.293 e. The Morgan fingerprint density at radius 3 is 1.81 bits per heavy atom. The van der Waals surface area contributed by atoms with Crippen LogP contribution in [0.4, 0.5) is 0 Å². The molecule has 4 nitrogen and oxygen atoms in total. The summed E-state index contributed by atoms with van der Waals surface area (Å²) in [7, 11) is 0. The lowest BCUT2D eigenvalue weighted by atomic mass is 10.2. The van der Waals surface area contributed by atoms with Gasteiger partial charge in [-0.1, -0.05) is 79.6 Å². The van der Waals surface area contributed by atoms with E-state index < -0.39 is 0 Å². The Kier molecular flexibility index (Phi) is 7.66. The summed E-state index contributed by atoms with van der Waals surface area (Å²) in [4.78, 5) is 28.8. The fourth-order valence-electron chi connectivity index (χ4n) is 2.01. The van der Waals surface area contributed by atoms with E-state index >= 15 is 0 Å². The summed E-state index contributed by atoms with van der Waals surface area (Å²) in [6, 6.07) is 14.5. The fraction of sp³-hybridized carbons (Fsp3) is 0.111. The summed E-state index contributed by atoms with van der Waals surface area (Å²) in [6.45, 7) is 0. The van der Waals surface area contributed by atoms with Gasteiger partial charge in [0.15, 0.2) is 15.9 Å². The van der Waals surface area contributed by atoms with Crippen molar-refractivity contribution in [2.45, 2.75) is 9.50 Å². The molecule has 0 N–H and O–H groups in total. The number of carbonyl (C=O) groups excluding carboxylic acids is 2. The number of nitrogens with zero attached hydrogens (tertiary/aromatic N) is 2. The second kappa shape index (κ2) is 9.97. The highest BCUT2D eigenvalue weighted by molar-refractivity contribution is 9.10. The molecule has 0 saturated heterocycles. The Morgan fingerprint density at radius 2 is 1.30 bits per heavy atom. The molecule has 0 bridgehead atoms. The molecule has 0 spiro atoms. The van der Waals surface area contributed by atoms with E-state index in [2.05, 4.69) is 41.2 Å². The Bertz CT molecular complexity index is 868. The molecule has 0 amide bonds. The van der Waals surface area contributed by atoms with Crippen molar-refractivity contribution in [1.82, 2.24) is 9.36 Å². The third-order valence-corrected chi connectivity index (χ3v) is 7.23. The van der Waals surface area contributed by atoms with Crippen molar-refractivity contribution in [1.29, 1.82) is 0 Å². The van der Waals surface area contributed by atoms with Crippen LogP contribution in [0, 0.1) is 0 Å². The molecule has 0 saturated carbocycles. The molecule has 3 aromatic rings. The SMILES string of the molecule is O=C(CSc1nsc(SCC(=O)c2ccc(Br)cc2)n1)c1ccc(Br)cc1. The van der Waals surface area contributed by atoms with Crippen molar-refractivity contribution in [2.24, 2.45) is 0 Å². The highest BCUT2D eigenvalue weighted by Crippen LogP contribution is 2.26. The fourth-order valence-corrected chi connectivity index (χ4v) is 4.96. The number of hydrogen-bond donors (Lipinski definition) is 0. The smallest absolute Gasteiger partial charge is 0.201 e. The van der Waals surface area contributed by atoms with Gasteiger partial charge in [0.25, 0.3) is 0 Å². The maximum Gasteiger partial charge on any atom is 0.201 e. The quantitative estimate of drug-likeness (QED) is 0.256. The molecule has 0 aliphatic heterocycles. The summed E-state index contributed by atoms with van der Waals surface area (Å²) < 4.78 is 6.85. The topological polar surface area (TPSA) is 59.9 Å². The molecule has 9 heteroatoms. The van der Waals surface area contributed by atoms with E-state index in [1.807, 2.05) is 24.3 Å². The molecule has 1 aromatic heterocycles. The monoisotopic (exact) mass is 542 g/mol. The van der Waals surface area contributed by atoms with Gasteiger partial charge in [-0.25, -0.2) is 4.98 Å². The zero-order valence-electron chi connectivity index (χ0n) is 13.7. The zero-order chi connectivity index (χ0) is 19.2. The van der Waals surface area contributed by atoms with Crippen LogP contribution < -0.4 is 0 Å². The van der Waals surface area contributed by atoms with Gasteiger partial charge in [0.1, 0.15) is 0 Å². The van der Waals surface area contributed by atoms with Gasteiger partial charge in [0.2, 0.25) is 5.16 Å². The average molecular weight is 544 g/mol. The second-order valence-electron chi connectivity index (χ2n) is 5.28. The maximum absolute atomic E-state index is 12.2.